The number of nitrogens with one attached hydrogen (secondary N) is 2. The second kappa shape index (κ2) is 9.84. The Morgan fingerprint density at radius 3 is 2.81 bits per heavy atom. The molecule has 4 aromatic rings. The summed E-state index contributed by atoms with van der Waals surface area (Å²) in [5, 5.41) is 19.7. The van der Waals surface area contributed by atoms with Gasteiger partial charge in [-0.15, -0.1) is 10.2 Å². The number of fused-ring (bicyclic) bond motifs is 1. The standard InChI is InChI=1S/C22H22N6O2S2/c1-3-11-30-17-10-6-7-14(13-17)19(29)24-21(31)23-16-9-5-8-15(12-16)20-27-28-18(4-2)25-26-22(28)32-20/h5-10,12-13H,3-4,11H2,1-2H3,(H2,23,24,29,31). The van der Waals surface area contributed by atoms with Gasteiger partial charge < -0.3 is 10.1 Å². The summed E-state index contributed by atoms with van der Waals surface area (Å²) in [6, 6.07) is 14.7. The first-order valence-electron chi connectivity index (χ1n) is 10.2. The molecule has 0 spiro atoms. The molecule has 0 saturated heterocycles. The average Bonchev–Trinajstić information content (AvgIpc) is 3.39. The summed E-state index contributed by atoms with van der Waals surface area (Å²) in [5.74, 6) is 1.17. The first kappa shape index (κ1) is 21.8. The van der Waals surface area contributed by atoms with Crippen LogP contribution in [0.15, 0.2) is 48.5 Å². The van der Waals surface area contributed by atoms with Crippen molar-refractivity contribution in [3.05, 3.63) is 59.9 Å². The fourth-order valence-corrected chi connectivity index (χ4v) is 4.07. The molecule has 0 aliphatic heterocycles. The Balaban J connectivity index is 1.43. The van der Waals surface area contributed by atoms with Gasteiger partial charge in [0, 0.05) is 23.2 Å². The van der Waals surface area contributed by atoms with Gasteiger partial charge in [-0.3, -0.25) is 10.1 Å². The van der Waals surface area contributed by atoms with Crippen LogP contribution in [0.3, 0.4) is 0 Å². The van der Waals surface area contributed by atoms with Gasteiger partial charge >= 0.3 is 0 Å². The number of rotatable bonds is 7. The van der Waals surface area contributed by atoms with Gasteiger partial charge in [0.1, 0.15) is 10.8 Å². The lowest BCUT2D eigenvalue weighted by molar-refractivity contribution is 0.0977. The zero-order valence-corrected chi connectivity index (χ0v) is 19.3. The van der Waals surface area contributed by atoms with Gasteiger partial charge in [-0.25, -0.2) is 0 Å². The van der Waals surface area contributed by atoms with Crippen molar-refractivity contribution in [3.63, 3.8) is 0 Å². The quantitative estimate of drug-likeness (QED) is 0.392. The van der Waals surface area contributed by atoms with Crippen LogP contribution in [0.4, 0.5) is 5.69 Å². The third-order valence-electron chi connectivity index (χ3n) is 4.54. The second-order valence-corrected chi connectivity index (χ2v) is 8.30. The maximum Gasteiger partial charge on any atom is 0.257 e. The summed E-state index contributed by atoms with van der Waals surface area (Å²) < 4.78 is 7.36. The fourth-order valence-electron chi connectivity index (χ4n) is 3.01. The van der Waals surface area contributed by atoms with E-state index in [9.17, 15) is 4.79 Å². The minimum atomic E-state index is -0.304. The van der Waals surface area contributed by atoms with E-state index in [1.54, 1.807) is 22.7 Å². The number of ether oxygens (including phenoxy) is 1. The van der Waals surface area contributed by atoms with E-state index < -0.39 is 0 Å². The molecule has 2 N–H and O–H groups in total. The van der Waals surface area contributed by atoms with E-state index in [0.717, 1.165) is 39.9 Å². The predicted molar refractivity (Wildman–Crippen MR) is 129 cm³/mol. The Morgan fingerprint density at radius 2 is 2.00 bits per heavy atom. The van der Waals surface area contributed by atoms with E-state index in [0.29, 0.717) is 17.9 Å². The molecular weight excluding hydrogens is 444 g/mol. The van der Waals surface area contributed by atoms with E-state index >= 15 is 0 Å². The van der Waals surface area contributed by atoms with Crippen LogP contribution >= 0.6 is 23.6 Å². The topological polar surface area (TPSA) is 93.4 Å². The highest BCUT2D eigenvalue weighted by atomic mass is 32.1. The highest BCUT2D eigenvalue weighted by molar-refractivity contribution is 7.80. The van der Waals surface area contributed by atoms with E-state index in [1.807, 2.05) is 44.2 Å². The molecule has 0 bridgehead atoms. The molecular formula is C22H22N6O2S2. The number of carbonyl (C=O) groups excluding carboxylic acids is 1. The third kappa shape index (κ3) is 4.92. The molecule has 10 heteroatoms. The summed E-state index contributed by atoms with van der Waals surface area (Å²) in [6.07, 6.45) is 1.65. The van der Waals surface area contributed by atoms with Crippen molar-refractivity contribution in [2.24, 2.45) is 0 Å². The number of hydrogen-bond acceptors (Lipinski definition) is 7. The maximum atomic E-state index is 12.6. The Hall–Kier alpha value is -3.37. The number of anilines is 1. The van der Waals surface area contributed by atoms with Crippen molar-refractivity contribution < 1.29 is 9.53 Å². The van der Waals surface area contributed by atoms with Crippen molar-refractivity contribution >= 4 is 45.2 Å². The minimum absolute atomic E-state index is 0.207. The Morgan fingerprint density at radius 1 is 1.16 bits per heavy atom. The number of carbonyl (C=O) groups is 1. The first-order valence-corrected chi connectivity index (χ1v) is 11.5. The van der Waals surface area contributed by atoms with Crippen LogP contribution < -0.4 is 15.4 Å². The van der Waals surface area contributed by atoms with Crippen molar-refractivity contribution in [1.82, 2.24) is 25.1 Å². The lowest BCUT2D eigenvalue weighted by Gasteiger charge is -2.11. The zero-order chi connectivity index (χ0) is 22.5. The average molecular weight is 467 g/mol. The number of benzene rings is 2. The van der Waals surface area contributed by atoms with Gasteiger partial charge in [0.15, 0.2) is 10.9 Å². The molecule has 164 valence electrons. The van der Waals surface area contributed by atoms with Crippen LogP contribution in [0.25, 0.3) is 15.5 Å². The first-order chi connectivity index (χ1) is 15.6. The van der Waals surface area contributed by atoms with Gasteiger partial charge in [-0.2, -0.15) is 9.61 Å². The van der Waals surface area contributed by atoms with E-state index in [1.165, 1.54) is 11.3 Å². The number of hydrogen-bond donors (Lipinski definition) is 2. The molecule has 0 unspecified atom stereocenters. The van der Waals surface area contributed by atoms with Crippen LogP contribution in [0.5, 0.6) is 5.75 Å². The molecule has 0 radical (unpaired) electrons. The molecule has 1 amide bonds. The van der Waals surface area contributed by atoms with Gasteiger partial charge in [-0.05, 0) is 49.0 Å². The summed E-state index contributed by atoms with van der Waals surface area (Å²) in [5.41, 5.74) is 2.14. The lowest BCUT2D eigenvalue weighted by atomic mass is 10.2. The molecule has 8 nitrogen and oxygen atoms in total. The monoisotopic (exact) mass is 466 g/mol. The predicted octanol–water partition coefficient (Wildman–Crippen LogP) is 4.33. The summed E-state index contributed by atoms with van der Waals surface area (Å²) >= 11 is 6.80. The zero-order valence-electron chi connectivity index (χ0n) is 17.7. The Bertz CT molecular complexity index is 1270. The largest absolute Gasteiger partial charge is 0.494 e. The van der Waals surface area contributed by atoms with Crippen LogP contribution in [-0.2, 0) is 6.42 Å². The second-order valence-electron chi connectivity index (χ2n) is 6.94. The Kier molecular flexibility index (Phi) is 6.72. The van der Waals surface area contributed by atoms with E-state index in [4.69, 9.17) is 17.0 Å². The maximum absolute atomic E-state index is 12.6. The van der Waals surface area contributed by atoms with E-state index in [-0.39, 0.29) is 11.0 Å². The SMILES string of the molecule is CCCOc1cccc(C(=O)NC(=S)Nc2cccc(-c3nn4c(CC)nnc4s3)c2)c1. The minimum Gasteiger partial charge on any atom is -0.494 e. The lowest BCUT2D eigenvalue weighted by Crippen LogP contribution is -2.34. The van der Waals surface area contributed by atoms with Crippen LogP contribution in [0, 0.1) is 0 Å². The number of amides is 1. The molecule has 32 heavy (non-hydrogen) atoms. The van der Waals surface area contributed by atoms with Gasteiger partial charge in [-0.1, -0.05) is 43.4 Å². The molecule has 2 heterocycles. The van der Waals surface area contributed by atoms with E-state index in [2.05, 4.69) is 25.9 Å². The summed E-state index contributed by atoms with van der Waals surface area (Å²) in [7, 11) is 0. The van der Waals surface area contributed by atoms with Crippen molar-refractivity contribution in [3.8, 4) is 16.3 Å². The Labute approximate surface area is 194 Å². The van der Waals surface area contributed by atoms with Crippen molar-refractivity contribution in [2.75, 3.05) is 11.9 Å². The van der Waals surface area contributed by atoms with Gasteiger partial charge in [0.05, 0.1) is 6.61 Å². The molecule has 2 aromatic carbocycles. The summed E-state index contributed by atoms with van der Waals surface area (Å²) in [4.78, 5) is 13.3. The van der Waals surface area contributed by atoms with Crippen molar-refractivity contribution in [1.29, 1.82) is 0 Å². The molecule has 0 aliphatic rings. The fraction of sp³-hybridized carbons (Fsp3) is 0.227. The van der Waals surface area contributed by atoms with Crippen molar-refractivity contribution in [2.45, 2.75) is 26.7 Å². The van der Waals surface area contributed by atoms with Crippen LogP contribution in [0.1, 0.15) is 36.5 Å². The van der Waals surface area contributed by atoms with Crippen LogP contribution in [-0.4, -0.2) is 37.4 Å². The highest BCUT2D eigenvalue weighted by Crippen LogP contribution is 2.27. The van der Waals surface area contributed by atoms with Gasteiger partial charge in [0.25, 0.3) is 5.91 Å². The third-order valence-corrected chi connectivity index (χ3v) is 5.69. The highest BCUT2D eigenvalue weighted by Gasteiger charge is 2.13. The number of aromatic nitrogens is 4. The molecule has 4 rings (SSSR count). The normalized spacial score (nSPS) is 10.8. The number of nitrogens with zero attached hydrogens (tertiary/aromatic N) is 4. The molecule has 0 saturated carbocycles. The molecule has 0 atom stereocenters. The molecule has 2 aromatic heterocycles. The molecule has 0 fully saturated rings. The molecule has 0 aliphatic carbocycles. The smallest absolute Gasteiger partial charge is 0.257 e. The summed E-state index contributed by atoms with van der Waals surface area (Å²) in [6.45, 7) is 4.65. The number of aryl methyl sites for hydroxylation is 1. The van der Waals surface area contributed by atoms with Gasteiger partial charge in [0.2, 0.25) is 4.96 Å². The van der Waals surface area contributed by atoms with Crippen LogP contribution in [0.2, 0.25) is 0 Å². The number of thiocarbonyl (C=S) groups is 1.